The van der Waals surface area contributed by atoms with Gasteiger partial charge in [0, 0.05) is 83.3 Å². The first-order valence-corrected chi connectivity index (χ1v) is 17.9. The second-order valence-corrected chi connectivity index (χ2v) is 13.7. The van der Waals surface area contributed by atoms with Gasteiger partial charge < -0.3 is 43.8 Å². The van der Waals surface area contributed by atoms with Gasteiger partial charge in [-0.2, -0.15) is 9.13 Å². The van der Waals surface area contributed by atoms with E-state index in [9.17, 15) is 0 Å². The summed E-state index contributed by atoms with van der Waals surface area (Å²) in [4.78, 5) is 14.0. The molecule has 8 rings (SSSR count). The van der Waals surface area contributed by atoms with Gasteiger partial charge in [0.2, 0.25) is 11.0 Å². The molecule has 6 nitrogen and oxygen atoms in total. The Morgan fingerprint density at radius 3 is 1.28 bits per heavy atom. The van der Waals surface area contributed by atoms with Gasteiger partial charge in [0.25, 0.3) is 0 Å². The van der Waals surface area contributed by atoms with E-state index in [1.165, 1.54) is 0 Å². The lowest BCUT2D eigenvalue weighted by Gasteiger charge is -2.20. The van der Waals surface area contributed by atoms with Crippen molar-refractivity contribution in [3.8, 4) is 11.4 Å². The third-order valence-corrected chi connectivity index (χ3v) is 10.0. The lowest BCUT2D eigenvalue weighted by Crippen LogP contribution is -3.00. The lowest BCUT2D eigenvalue weighted by atomic mass is 10.1. The zero-order valence-electron chi connectivity index (χ0n) is 29.6. The fraction of sp³-hybridized carbons (Fsp3) is 0.0909. The van der Waals surface area contributed by atoms with E-state index in [0.29, 0.717) is 23.1 Å². The van der Waals surface area contributed by atoms with E-state index in [1.54, 1.807) is 0 Å². The normalized spacial score (nSPS) is 10.8. The number of rotatable bonds is 9. The molecule has 4 aromatic carbocycles. The molecule has 8 aromatic rings. The number of hydrogen-bond acceptors (Lipinski definition) is 4. The first-order valence-electron chi connectivity index (χ1n) is 17.1. The second-order valence-electron chi connectivity index (χ2n) is 12.9. The summed E-state index contributed by atoms with van der Waals surface area (Å²) in [5.74, 6) is 0. The molecule has 270 valence electrons. The van der Waals surface area contributed by atoms with Gasteiger partial charge in [-0.1, -0.05) is 59.6 Å². The molecule has 4 aromatic heterocycles. The van der Waals surface area contributed by atoms with Crippen LogP contribution in [0.2, 0.25) is 10.0 Å². The molecule has 10 heteroatoms. The van der Waals surface area contributed by atoms with Crippen LogP contribution >= 0.6 is 23.2 Å². The molecule has 0 bridgehead atoms. The molecule has 0 atom stereocenters. The number of halogens is 4. The van der Waals surface area contributed by atoms with Crippen LogP contribution in [0.5, 0.6) is 0 Å². The second kappa shape index (κ2) is 17.1. The number of nitrogens with zero attached hydrogens (tertiary/aromatic N) is 6. The Hall–Kier alpha value is -4.86. The highest BCUT2D eigenvalue weighted by atomic mass is 79.9. The van der Waals surface area contributed by atoms with E-state index in [1.807, 2.05) is 60.9 Å². The van der Waals surface area contributed by atoms with Gasteiger partial charge in [-0.05, 0) is 72.8 Å². The summed E-state index contributed by atoms with van der Waals surface area (Å²) >= 11 is 13.0. The number of benzene rings is 4. The largest absolute Gasteiger partial charge is 1.00 e. The van der Waals surface area contributed by atoms with E-state index in [2.05, 4.69) is 130 Å². The number of aromatic nitrogens is 4. The molecule has 54 heavy (non-hydrogen) atoms. The molecule has 0 unspecified atom stereocenters. The maximum absolute atomic E-state index is 6.50. The Morgan fingerprint density at radius 2 is 0.907 bits per heavy atom. The predicted molar refractivity (Wildman–Crippen MR) is 213 cm³/mol. The van der Waals surface area contributed by atoms with Crippen LogP contribution in [-0.2, 0) is 13.1 Å². The minimum atomic E-state index is 0. The van der Waals surface area contributed by atoms with Crippen molar-refractivity contribution in [1.82, 2.24) is 9.97 Å². The molecule has 0 radical (unpaired) electrons. The molecule has 0 aliphatic rings. The van der Waals surface area contributed by atoms with Crippen molar-refractivity contribution in [3.63, 3.8) is 0 Å². The summed E-state index contributed by atoms with van der Waals surface area (Å²) in [6, 6.07) is 45.5. The number of anilines is 4. The lowest BCUT2D eigenvalue weighted by molar-refractivity contribution is -0.662. The third-order valence-electron chi connectivity index (χ3n) is 9.54. The standard InChI is InChI=1S/C44H36Cl2N6.2BrH/c1-49(35-9-5-3-6-10-35)41-21-23-51(43-25-33(45)15-17-37(41)43)29-31-13-19-39(47-27-31)40-20-14-32(28-48-40)30-52-24-22-42(38-18-16-34(46)26-44(38)52)50(2)36-11-7-4-8-12-36;;/h3-28H,29-30H2,1-2H3;2*1H/q+2;;/p-2. The first kappa shape index (κ1) is 38.9. The number of hydrogen-bond donors (Lipinski definition) is 0. The minimum absolute atomic E-state index is 0. The average molecular weight is 880 g/mol. The average Bonchev–Trinajstić information content (AvgIpc) is 3.19. The number of para-hydroxylation sites is 2. The zero-order valence-corrected chi connectivity index (χ0v) is 34.3. The molecular formula is C44H36Br2Cl2N6. The van der Waals surface area contributed by atoms with Crippen LogP contribution in [0.25, 0.3) is 33.2 Å². The van der Waals surface area contributed by atoms with Crippen LogP contribution < -0.4 is 52.9 Å². The molecule has 0 fully saturated rings. The van der Waals surface area contributed by atoms with E-state index in [0.717, 1.165) is 67.1 Å². The van der Waals surface area contributed by atoms with Crippen LogP contribution in [0.4, 0.5) is 22.7 Å². The molecule has 0 spiro atoms. The molecular weight excluding hydrogens is 843 g/mol. The van der Waals surface area contributed by atoms with Crippen LogP contribution in [0.3, 0.4) is 0 Å². The topological polar surface area (TPSA) is 40.0 Å². The van der Waals surface area contributed by atoms with Crippen molar-refractivity contribution in [1.29, 1.82) is 0 Å². The maximum Gasteiger partial charge on any atom is 0.216 e. The van der Waals surface area contributed by atoms with Gasteiger partial charge in [-0.15, -0.1) is 0 Å². The quantitative estimate of drug-likeness (QED) is 0.206. The summed E-state index contributed by atoms with van der Waals surface area (Å²) in [7, 11) is 4.18. The highest BCUT2D eigenvalue weighted by molar-refractivity contribution is 6.31. The molecule has 0 saturated carbocycles. The van der Waals surface area contributed by atoms with Gasteiger partial charge in [-0.25, -0.2) is 0 Å². The highest BCUT2D eigenvalue weighted by Gasteiger charge is 2.19. The van der Waals surface area contributed by atoms with Crippen LogP contribution in [-0.4, -0.2) is 24.1 Å². The van der Waals surface area contributed by atoms with Crippen LogP contribution in [0, 0.1) is 0 Å². The summed E-state index contributed by atoms with van der Waals surface area (Å²) < 4.78 is 4.43. The van der Waals surface area contributed by atoms with Gasteiger partial charge in [0.05, 0.1) is 33.5 Å². The van der Waals surface area contributed by atoms with Gasteiger partial charge in [0.1, 0.15) is 0 Å². The Kier molecular flexibility index (Phi) is 12.3. The smallest absolute Gasteiger partial charge is 0.216 e. The third kappa shape index (κ3) is 8.12. The van der Waals surface area contributed by atoms with Crippen molar-refractivity contribution in [2.75, 3.05) is 23.9 Å². The Bertz CT molecular complexity index is 2340. The van der Waals surface area contributed by atoms with Crippen molar-refractivity contribution >= 4 is 67.8 Å². The van der Waals surface area contributed by atoms with Crippen molar-refractivity contribution in [2.24, 2.45) is 0 Å². The van der Waals surface area contributed by atoms with Crippen molar-refractivity contribution in [3.05, 3.63) is 179 Å². The van der Waals surface area contributed by atoms with E-state index in [-0.39, 0.29) is 34.0 Å². The number of pyridine rings is 4. The Labute approximate surface area is 346 Å². The summed E-state index contributed by atoms with van der Waals surface area (Å²) in [5, 5.41) is 3.65. The molecule has 0 amide bonds. The van der Waals surface area contributed by atoms with E-state index < -0.39 is 0 Å². The molecule has 4 heterocycles. The van der Waals surface area contributed by atoms with E-state index >= 15 is 0 Å². The monoisotopic (exact) mass is 876 g/mol. The summed E-state index contributed by atoms with van der Waals surface area (Å²) in [6.45, 7) is 1.31. The zero-order chi connectivity index (χ0) is 35.6. The molecule has 0 saturated heterocycles. The summed E-state index contributed by atoms with van der Waals surface area (Å²) in [6.07, 6.45) is 8.09. The summed E-state index contributed by atoms with van der Waals surface area (Å²) in [5.41, 5.74) is 10.4. The predicted octanol–water partition coefficient (Wildman–Crippen LogP) is 3.97. The van der Waals surface area contributed by atoms with Crippen molar-refractivity contribution in [2.45, 2.75) is 13.1 Å². The van der Waals surface area contributed by atoms with Gasteiger partial charge in [-0.3, -0.25) is 9.97 Å². The minimum Gasteiger partial charge on any atom is -1.00 e. The molecule has 0 aliphatic heterocycles. The maximum atomic E-state index is 6.50. The fourth-order valence-electron chi connectivity index (χ4n) is 6.75. The highest BCUT2D eigenvalue weighted by Crippen LogP contribution is 2.32. The molecule has 0 aliphatic carbocycles. The van der Waals surface area contributed by atoms with Crippen molar-refractivity contribution < 1.29 is 43.1 Å². The first-order chi connectivity index (χ1) is 25.4. The van der Waals surface area contributed by atoms with E-state index in [4.69, 9.17) is 33.2 Å². The van der Waals surface area contributed by atoms with Crippen LogP contribution in [0.1, 0.15) is 11.1 Å². The van der Waals surface area contributed by atoms with Gasteiger partial charge in [0.15, 0.2) is 25.5 Å². The Morgan fingerprint density at radius 1 is 0.500 bits per heavy atom. The number of fused-ring (bicyclic) bond motifs is 2. The molecule has 0 N–H and O–H groups in total. The van der Waals surface area contributed by atoms with Crippen LogP contribution in [0.15, 0.2) is 158 Å². The Balaban J connectivity index is 0.00000249. The van der Waals surface area contributed by atoms with Gasteiger partial charge >= 0.3 is 0 Å². The fourth-order valence-corrected chi connectivity index (χ4v) is 7.09. The SMILES string of the molecule is CN(c1ccccc1)c1cc[n+](Cc2ccc(-c3ccc(C[n+]4ccc(N(C)c5ccccc5)c5ccc(Cl)cc54)cn3)nc2)c2cc(Cl)ccc12.[Br-].[Br-].